The Morgan fingerprint density at radius 3 is 2.47 bits per heavy atom. The molecule has 0 saturated heterocycles. The Balaban J connectivity index is 0.00000256. The Hall–Kier alpha value is -1.06. The van der Waals surface area contributed by atoms with Gasteiger partial charge in [0, 0.05) is 26.1 Å². The highest BCUT2D eigenvalue weighted by Crippen LogP contribution is 2.06. The van der Waals surface area contributed by atoms with Crippen molar-refractivity contribution in [2.75, 3.05) is 20.6 Å². The van der Waals surface area contributed by atoms with Crippen LogP contribution in [0, 0.1) is 5.92 Å². The lowest BCUT2D eigenvalue weighted by Gasteiger charge is -2.21. The predicted octanol–water partition coefficient (Wildman–Crippen LogP) is 1.92. The topological polar surface area (TPSA) is 32.3 Å². The molecule has 0 heterocycles. The third-order valence-corrected chi connectivity index (χ3v) is 2.57. The molecule has 0 bridgehead atoms. The van der Waals surface area contributed by atoms with Crippen LogP contribution < -0.4 is 5.32 Å². The third-order valence-electron chi connectivity index (χ3n) is 2.57. The van der Waals surface area contributed by atoms with Gasteiger partial charge in [0.05, 0.1) is 0 Å². The fourth-order valence-electron chi connectivity index (χ4n) is 1.70. The molecule has 1 N–H and O–H groups in total. The molecule has 0 radical (unpaired) electrons. The van der Waals surface area contributed by atoms with Crippen LogP contribution in [0.4, 0.5) is 0 Å². The van der Waals surface area contributed by atoms with Crippen molar-refractivity contribution in [3.8, 4) is 0 Å². The standard InChI is InChI=1S/C13H20N2O.ClH/c1-11(9-14-2)13(16)15(3)10-12-7-5-4-6-8-12;/h4-8,11,14H,9-10H2,1-3H3;1H. The van der Waals surface area contributed by atoms with E-state index in [9.17, 15) is 4.79 Å². The molecular formula is C13H21ClN2O. The molecular weight excluding hydrogens is 236 g/mol. The van der Waals surface area contributed by atoms with Crippen LogP contribution in [0.15, 0.2) is 30.3 Å². The van der Waals surface area contributed by atoms with Crippen molar-refractivity contribution < 1.29 is 4.79 Å². The Morgan fingerprint density at radius 1 is 1.35 bits per heavy atom. The van der Waals surface area contributed by atoms with Gasteiger partial charge in [-0.15, -0.1) is 12.4 Å². The van der Waals surface area contributed by atoms with Crippen molar-refractivity contribution in [2.24, 2.45) is 5.92 Å². The summed E-state index contributed by atoms with van der Waals surface area (Å²) in [5.74, 6) is 0.205. The van der Waals surface area contributed by atoms with Gasteiger partial charge in [0.1, 0.15) is 0 Å². The summed E-state index contributed by atoms with van der Waals surface area (Å²) in [6, 6.07) is 10.0. The van der Waals surface area contributed by atoms with Crippen LogP contribution in [-0.4, -0.2) is 31.4 Å². The van der Waals surface area contributed by atoms with Gasteiger partial charge in [-0.05, 0) is 12.6 Å². The van der Waals surface area contributed by atoms with E-state index in [2.05, 4.69) is 5.32 Å². The van der Waals surface area contributed by atoms with Crippen LogP contribution in [0.2, 0.25) is 0 Å². The molecule has 1 amide bonds. The summed E-state index contributed by atoms with van der Waals surface area (Å²) in [6.07, 6.45) is 0. The molecule has 1 atom stereocenters. The normalized spacial score (nSPS) is 11.5. The molecule has 1 unspecified atom stereocenters. The molecule has 1 aromatic rings. The van der Waals surface area contributed by atoms with Gasteiger partial charge < -0.3 is 10.2 Å². The second-order valence-electron chi connectivity index (χ2n) is 4.14. The smallest absolute Gasteiger partial charge is 0.226 e. The number of rotatable bonds is 5. The molecule has 3 nitrogen and oxygen atoms in total. The van der Waals surface area contributed by atoms with Crippen LogP contribution in [0.5, 0.6) is 0 Å². The van der Waals surface area contributed by atoms with E-state index in [0.29, 0.717) is 6.54 Å². The maximum atomic E-state index is 11.9. The minimum atomic E-state index is 0. The third kappa shape index (κ3) is 5.20. The van der Waals surface area contributed by atoms with E-state index in [1.807, 2.05) is 51.4 Å². The first kappa shape index (κ1) is 15.9. The van der Waals surface area contributed by atoms with Crippen LogP contribution >= 0.6 is 12.4 Å². The molecule has 0 aliphatic carbocycles. The Morgan fingerprint density at radius 2 is 1.94 bits per heavy atom. The van der Waals surface area contributed by atoms with Crippen molar-refractivity contribution in [3.63, 3.8) is 0 Å². The fourth-order valence-corrected chi connectivity index (χ4v) is 1.70. The average molecular weight is 257 g/mol. The van der Waals surface area contributed by atoms with E-state index in [4.69, 9.17) is 0 Å². The first-order chi connectivity index (χ1) is 7.65. The molecule has 1 rings (SSSR count). The van der Waals surface area contributed by atoms with Gasteiger partial charge in [0.15, 0.2) is 0 Å². The number of halogens is 1. The number of hydrogen-bond donors (Lipinski definition) is 1. The van der Waals surface area contributed by atoms with Crippen molar-refractivity contribution in [3.05, 3.63) is 35.9 Å². The zero-order valence-electron chi connectivity index (χ0n) is 10.6. The quantitative estimate of drug-likeness (QED) is 0.873. The number of benzene rings is 1. The lowest BCUT2D eigenvalue weighted by molar-refractivity contribution is -0.134. The van der Waals surface area contributed by atoms with Gasteiger partial charge in [-0.3, -0.25) is 4.79 Å². The monoisotopic (exact) mass is 256 g/mol. The number of hydrogen-bond acceptors (Lipinski definition) is 2. The van der Waals surface area contributed by atoms with E-state index in [1.54, 1.807) is 4.90 Å². The molecule has 0 saturated carbocycles. The van der Waals surface area contributed by atoms with Gasteiger partial charge in [-0.25, -0.2) is 0 Å². The SMILES string of the molecule is CNCC(C)C(=O)N(C)Cc1ccccc1.Cl. The maximum absolute atomic E-state index is 11.9. The van der Waals surface area contributed by atoms with Gasteiger partial charge in [-0.1, -0.05) is 37.3 Å². The lowest BCUT2D eigenvalue weighted by Crippen LogP contribution is -2.35. The highest BCUT2D eigenvalue weighted by atomic mass is 35.5. The van der Waals surface area contributed by atoms with Crippen LogP contribution in [0.3, 0.4) is 0 Å². The minimum Gasteiger partial charge on any atom is -0.341 e. The minimum absolute atomic E-state index is 0. The number of nitrogens with zero attached hydrogens (tertiary/aromatic N) is 1. The van der Waals surface area contributed by atoms with Crippen molar-refractivity contribution in [1.29, 1.82) is 0 Å². The summed E-state index contributed by atoms with van der Waals surface area (Å²) in [7, 11) is 3.71. The Kier molecular flexibility index (Phi) is 7.59. The fraction of sp³-hybridized carbons (Fsp3) is 0.462. The lowest BCUT2D eigenvalue weighted by atomic mass is 10.1. The van der Waals surface area contributed by atoms with Crippen LogP contribution in [-0.2, 0) is 11.3 Å². The second kappa shape index (κ2) is 8.09. The second-order valence-corrected chi connectivity index (χ2v) is 4.14. The molecule has 1 aromatic carbocycles. The van der Waals surface area contributed by atoms with Crippen molar-refractivity contribution in [1.82, 2.24) is 10.2 Å². The summed E-state index contributed by atoms with van der Waals surface area (Å²) >= 11 is 0. The van der Waals surface area contributed by atoms with E-state index >= 15 is 0 Å². The maximum Gasteiger partial charge on any atom is 0.226 e. The average Bonchev–Trinajstić information content (AvgIpc) is 2.29. The Bertz CT molecular complexity index is 329. The van der Waals surface area contributed by atoms with Crippen molar-refractivity contribution >= 4 is 18.3 Å². The van der Waals surface area contributed by atoms with Gasteiger partial charge >= 0.3 is 0 Å². The first-order valence-electron chi connectivity index (χ1n) is 5.58. The number of amides is 1. The summed E-state index contributed by atoms with van der Waals surface area (Å²) in [5, 5.41) is 3.02. The molecule has 4 heteroatoms. The van der Waals surface area contributed by atoms with Gasteiger partial charge in [-0.2, -0.15) is 0 Å². The number of carbonyl (C=O) groups excluding carboxylic acids is 1. The molecule has 96 valence electrons. The van der Waals surface area contributed by atoms with E-state index < -0.39 is 0 Å². The highest BCUT2D eigenvalue weighted by Gasteiger charge is 2.16. The predicted molar refractivity (Wildman–Crippen MR) is 73.3 cm³/mol. The summed E-state index contributed by atoms with van der Waals surface area (Å²) in [5.41, 5.74) is 1.16. The van der Waals surface area contributed by atoms with E-state index in [1.165, 1.54) is 0 Å². The number of carbonyl (C=O) groups is 1. The molecule has 0 spiro atoms. The Labute approximate surface area is 110 Å². The molecule has 17 heavy (non-hydrogen) atoms. The van der Waals surface area contributed by atoms with Crippen molar-refractivity contribution in [2.45, 2.75) is 13.5 Å². The molecule has 0 aliphatic rings. The van der Waals surface area contributed by atoms with E-state index in [0.717, 1.165) is 12.1 Å². The first-order valence-corrected chi connectivity index (χ1v) is 5.58. The molecule has 0 aromatic heterocycles. The van der Waals surface area contributed by atoms with E-state index in [-0.39, 0.29) is 24.2 Å². The molecule has 0 aliphatic heterocycles. The number of nitrogens with one attached hydrogen (secondary N) is 1. The largest absolute Gasteiger partial charge is 0.341 e. The summed E-state index contributed by atoms with van der Waals surface area (Å²) in [6.45, 7) is 3.34. The van der Waals surface area contributed by atoms with Gasteiger partial charge in [0.2, 0.25) is 5.91 Å². The zero-order chi connectivity index (χ0) is 12.0. The summed E-state index contributed by atoms with van der Waals surface area (Å²) < 4.78 is 0. The van der Waals surface area contributed by atoms with Gasteiger partial charge in [0.25, 0.3) is 0 Å². The van der Waals surface area contributed by atoms with Crippen LogP contribution in [0.25, 0.3) is 0 Å². The molecule has 0 fully saturated rings. The highest BCUT2D eigenvalue weighted by molar-refractivity contribution is 5.85. The zero-order valence-corrected chi connectivity index (χ0v) is 11.5. The van der Waals surface area contributed by atoms with Crippen LogP contribution in [0.1, 0.15) is 12.5 Å². The summed E-state index contributed by atoms with van der Waals surface area (Å²) in [4.78, 5) is 13.7.